The number of benzene rings is 2. The zero-order valence-corrected chi connectivity index (χ0v) is 15.5. The first-order valence-corrected chi connectivity index (χ1v) is 8.59. The lowest BCUT2D eigenvalue weighted by molar-refractivity contribution is -0.159. The van der Waals surface area contributed by atoms with Crippen LogP contribution < -0.4 is 5.32 Å². The number of anilines is 1. The first-order valence-electron chi connectivity index (χ1n) is 8.59. The van der Waals surface area contributed by atoms with E-state index in [1.54, 1.807) is 12.1 Å². The molecule has 0 saturated heterocycles. The van der Waals surface area contributed by atoms with Crippen LogP contribution in [0.3, 0.4) is 0 Å². The first-order chi connectivity index (χ1) is 13.3. The Labute approximate surface area is 162 Å². The summed E-state index contributed by atoms with van der Waals surface area (Å²) in [5.74, 6) is -4.01. The Morgan fingerprint density at radius 1 is 0.964 bits per heavy atom. The molecule has 0 saturated carbocycles. The maximum absolute atomic E-state index is 12.8. The number of hydrogen-bond acceptors (Lipinski definition) is 4. The Hall–Kier alpha value is -3.26. The summed E-state index contributed by atoms with van der Waals surface area (Å²) in [5, 5.41) is 17.6. The van der Waals surface area contributed by atoms with Crippen molar-refractivity contribution in [3.8, 4) is 0 Å². The van der Waals surface area contributed by atoms with Crippen molar-refractivity contribution >= 4 is 23.5 Å². The fourth-order valence-electron chi connectivity index (χ4n) is 2.21. The van der Waals surface area contributed by atoms with Crippen LogP contribution in [0.2, 0.25) is 0 Å². The van der Waals surface area contributed by atoms with E-state index in [1.165, 1.54) is 17.7 Å². The predicted molar refractivity (Wildman–Crippen MR) is 102 cm³/mol. The van der Waals surface area contributed by atoms with Crippen LogP contribution in [0.15, 0.2) is 54.6 Å². The molecule has 150 valence electrons. The summed E-state index contributed by atoms with van der Waals surface area (Å²) in [6, 6.07) is 16.0. The van der Waals surface area contributed by atoms with E-state index in [-0.39, 0.29) is 11.7 Å². The van der Waals surface area contributed by atoms with Crippen LogP contribution in [0, 0.1) is 5.82 Å². The molecule has 0 aliphatic rings. The molecule has 3 N–H and O–H groups in total. The zero-order chi connectivity index (χ0) is 20.9. The zero-order valence-electron chi connectivity index (χ0n) is 15.5. The molecule has 0 radical (unpaired) electrons. The van der Waals surface area contributed by atoms with Gasteiger partial charge >= 0.3 is 11.9 Å². The molecule has 0 aliphatic heterocycles. The number of rotatable bonds is 7. The van der Waals surface area contributed by atoms with Gasteiger partial charge in [-0.25, -0.2) is 14.0 Å². The molecule has 0 unspecified atom stereocenters. The number of amides is 1. The largest absolute Gasteiger partial charge is 0.473 e. The van der Waals surface area contributed by atoms with E-state index in [0.29, 0.717) is 18.7 Å². The second kappa shape index (κ2) is 12.2. The minimum absolute atomic E-state index is 0.0573. The van der Waals surface area contributed by atoms with Crippen LogP contribution in [-0.2, 0) is 20.9 Å². The molecule has 0 aliphatic carbocycles. The number of carbonyl (C=O) groups excluding carboxylic acids is 1. The number of halogens is 1. The molecule has 0 bridgehead atoms. The van der Waals surface area contributed by atoms with Crippen molar-refractivity contribution in [3.63, 3.8) is 0 Å². The average molecular weight is 390 g/mol. The van der Waals surface area contributed by atoms with E-state index < -0.39 is 11.9 Å². The van der Waals surface area contributed by atoms with Gasteiger partial charge in [0, 0.05) is 25.2 Å². The quantitative estimate of drug-likeness (QED) is 0.628. The molecule has 0 spiro atoms. The molecular formula is C20H23FN2O5. The molecule has 7 nitrogen and oxygen atoms in total. The van der Waals surface area contributed by atoms with Crippen molar-refractivity contribution in [1.29, 1.82) is 0 Å². The van der Waals surface area contributed by atoms with Gasteiger partial charge in [-0.2, -0.15) is 0 Å². The Balaban J connectivity index is 0.000000568. The van der Waals surface area contributed by atoms with Gasteiger partial charge in [-0.3, -0.25) is 9.69 Å². The van der Waals surface area contributed by atoms with Gasteiger partial charge in [-0.05, 0) is 36.4 Å². The van der Waals surface area contributed by atoms with Gasteiger partial charge in [-0.15, -0.1) is 0 Å². The van der Waals surface area contributed by atoms with Gasteiger partial charge in [0.15, 0.2) is 0 Å². The highest BCUT2D eigenvalue weighted by Crippen LogP contribution is 2.09. The maximum atomic E-state index is 12.8. The van der Waals surface area contributed by atoms with Gasteiger partial charge in [0.25, 0.3) is 0 Å². The lowest BCUT2D eigenvalue weighted by Crippen LogP contribution is -2.27. The summed E-state index contributed by atoms with van der Waals surface area (Å²) < 4.78 is 12.8. The fourth-order valence-corrected chi connectivity index (χ4v) is 2.21. The number of carboxylic acid groups (broad SMARTS) is 2. The van der Waals surface area contributed by atoms with Crippen LogP contribution in [0.5, 0.6) is 0 Å². The summed E-state index contributed by atoms with van der Waals surface area (Å²) in [4.78, 5) is 32.4. The molecule has 8 heteroatoms. The second-order valence-electron chi connectivity index (χ2n) is 5.77. The molecule has 0 atom stereocenters. The molecule has 1 amide bonds. The van der Waals surface area contributed by atoms with E-state index in [9.17, 15) is 9.18 Å². The van der Waals surface area contributed by atoms with Crippen molar-refractivity contribution < 1.29 is 29.0 Å². The van der Waals surface area contributed by atoms with E-state index in [0.717, 1.165) is 13.1 Å². The smallest absolute Gasteiger partial charge is 0.414 e. The van der Waals surface area contributed by atoms with Crippen molar-refractivity contribution in [3.05, 3.63) is 66.0 Å². The summed E-state index contributed by atoms with van der Waals surface area (Å²) in [5.41, 5.74) is 1.86. The first kappa shape index (κ1) is 22.8. The Morgan fingerprint density at radius 3 is 2.04 bits per heavy atom. The highest BCUT2D eigenvalue weighted by molar-refractivity contribution is 6.27. The summed E-state index contributed by atoms with van der Waals surface area (Å²) in [7, 11) is 0. The third-order valence-corrected chi connectivity index (χ3v) is 3.66. The van der Waals surface area contributed by atoms with Crippen LogP contribution >= 0.6 is 0 Å². The van der Waals surface area contributed by atoms with E-state index in [1.807, 2.05) is 18.2 Å². The second-order valence-corrected chi connectivity index (χ2v) is 5.77. The van der Waals surface area contributed by atoms with Crippen LogP contribution in [0.1, 0.15) is 18.9 Å². The molecule has 0 heterocycles. The van der Waals surface area contributed by atoms with Gasteiger partial charge in [0.2, 0.25) is 5.91 Å². The topological polar surface area (TPSA) is 107 Å². The maximum Gasteiger partial charge on any atom is 0.414 e. The number of aliphatic carboxylic acids is 2. The average Bonchev–Trinajstić information content (AvgIpc) is 2.68. The van der Waals surface area contributed by atoms with E-state index >= 15 is 0 Å². The normalized spacial score (nSPS) is 9.96. The number of nitrogens with one attached hydrogen (secondary N) is 1. The molecule has 0 fully saturated rings. The van der Waals surface area contributed by atoms with Crippen LogP contribution in [0.4, 0.5) is 10.1 Å². The van der Waals surface area contributed by atoms with Gasteiger partial charge in [0.1, 0.15) is 5.82 Å². The van der Waals surface area contributed by atoms with Crippen LogP contribution in [-0.4, -0.2) is 46.0 Å². The lowest BCUT2D eigenvalue weighted by atomic mass is 10.2. The van der Waals surface area contributed by atoms with Crippen molar-refractivity contribution in [1.82, 2.24) is 4.90 Å². The van der Waals surface area contributed by atoms with E-state index in [2.05, 4.69) is 29.3 Å². The number of nitrogens with zero attached hydrogens (tertiary/aromatic N) is 1. The summed E-state index contributed by atoms with van der Waals surface area (Å²) in [6.07, 6.45) is 0.415. The minimum Gasteiger partial charge on any atom is -0.473 e. The Bertz CT molecular complexity index is 754. The molecule has 0 aromatic heterocycles. The van der Waals surface area contributed by atoms with E-state index in [4.69, 9.17) is 19.8 Å². The van der Waals surface area contributed by atoms with Gasteiger partial charge in [-0.1, -0.05) is 37.3 Å². The monoisotopic (exact) mass is 390 g/mol. The molecule has 2 aromatic carbocycles. The standard InChI is InChI=1S/C18H21FN2O.C2H2O4/c1-2-21(14-15-6-4-3-5-7-15)13-12-18(22)20-17-10-8-16(19)9-11-17;3-1(4)2(5)6/h3-11H,2,12-14H2,1H3,(H,20,22);(H,3,4)(H,5,6). The molecular weight excluding hydrogens is 367 g/mol. The molecule has 2 aromatic rings. The Morgan fingerprint density at radius 2 is 1.54 bits per heavy atom. The fraction of sp³-hybridized carbons (Fsp3) is 0.250. The number of carboxylic acids is 2. The lowest BCUT2D eigenvalue weighted by Gasteiger charge is -2.20. The predicted octanol–water partition coefficient (Wildman–Crippen LogP) is 2.83. The number of carbonyl (C=O) groups is 3. The van der Waals surface area contributed by atoms with Gasteiger partial charge < -0.3 is 15.5 Å². The van der Waals surface area contributed by atoms with Crippen molar-refractivity contribution in [2.45, 2.75) is 19.9 Å². The SMILES string of the molecule is CCN(CCC(=O)Nc1ccc(F)cc1)Cc1ccccc1.O=C(O)C(=O)O. The Kier molecular flexibility index (Phi) is 9.91. The van der Waals surface area contributed by atoms with Gasteiger partial charge in [0.05, 0.1) is 0 Å². The number of hydrogen-bond donors (Lipinski definition) is 3. The van der Waals surface area contributed by atoms with Crippen molar-refractivity contribution in [2.24, 2.45) is 0 Å². The highest BCUT2D eigenvalue weighted by Gasteiger charge is 2.08. The molecule has 28 heavy (non-hydrogen) atoms. The highest BCUT2D eigenvalue weighted by atomic mass is 19.1. The third-order valence-electron chi connectivity index (χ3n) is 3.66. The van der Waals surface area contributed by atoms with Crippen LogP contribution in [0.25, 0.3) is 0 Å². The van der Waals surface area contributed by atoms with Crippen molar-refractivity contribution in [2.75, 3.05) is 18.4 Å². The third kappa shape index (κ3) is 9.44. The molecule has 2 rings (SSSR count). The summed E-state index contributed by atoms with van der Waals surface area (Å²) in [6.45, 7) is 4.50. The summed E-state index contributed by atoms with van der Waals surface area (Å²) >= 11 is 0. The minimum atomic E-state index is -1.82.